The lowest BCUT2D eigenvalue weighted by Crippen LogP contribution is -2.20. The number of rotatable bonds is 5. The van der Waals surface area contributed by atoms with Crippen molar-refractivity contribution in [1.29, 1.82) is 0 Å². The van der Waals surface area contributed by atoms with Crippen LogP contribution in [-0.2, 0) is 0 Å². The van der Waals surface area contributed by atoms with Crippen molar-refractivity contribution in [3.63, 3.8) is 0 Å². The normalized spacial score (nSPS) is 11.2. The lowest BCUT2D eigenvalue weighted by molar-refractivity contribution is 0.404. The monoisotopic (exact) mass is 593 g/mol. The first-order valence-electron chi connectivity index (χ1n) is 9.14. The molecule has 5 rings (SSSR count). The van der Waals surface area contributed by atoms with Gasteiger partial charge in [0.1, 0.15) is 5.75 Å². The Morgan fingerprint density at radius 2 is 2.03 bits per heavy atom. The smallest absolute Gasteiger partial charge is 0.290 e. The van der Waals surface area contributed by atoms with Crippen molar-refractivity contribution in [2.24, 2.45) is 0 Å². The molecule has 7 nitrogen and oxygen atoms in total. The van der Waals surface area contributed by atoms with E-state index in [0.717, 1.165) is 25.8 Å². The van der Waals surface area contributed by atoms with Gasteiger partial charge in [-0.15, -0.1) is 0 Å². The minimum absolute atomic E-state index is 0.0180. The molecule has 160 valence electrons. The Hall–Kier alpha value is -2.48. The molecule has 0 unspecified atom stereocenters. The topological polar surface area (TPSA) is 79.4 Å². The molecule has 5 aromatic rings. The van der Waals surface area contributed by atoms with E-state index in [1.165, 1.54) is 29.2 Å². The lowest BCUT2D eigenvalue weighted by atomic mass is 10.3. The molecular formula is C21H12IN3O4S3. The number of pyridine rings is 1. The van der Waals surface area contributed by atoms with Crippen LogP contribution in [0.25, 0.3) is 26.4 Å². The highest BCUT2D eigenvalue weighted by Gasteiger charge is 2.17. The van der Waals surface area contributed by atoms with Gasteiger partial charge >= 0.3 is 0 Å². The summed E-state index contributed by atoms with van der Waals surface area (Å²) < 4.78 is 18.6. The number of para-hydroxylation sites is 1. The van der Waals surface area contributed by atoms with Gasteiger partial charge in [0.2, 0.25) is 10.7 Å². The van der Waals surface area contributed by atoms with Gasteiger partial charge in [0.15, 0.2) is 34.3 Å². The van der Waals surface area contributed by atoms with Gasteiger partial charge in [-0.3, -0.25) is 4.79 Å². The maximum absolute atomic E-state index is 13.1. The number of benzene rings is 2. The average Bonchev–Trinajstić information content (AvgIpc) is 3.22. The van der Waals surface area contributed by atoms with Gasteiger partial charge in [0, 0.05) is 17.2 Å². The van der Waals surface area contributed by atoms with E-state index in [0.29, 0.717) is 10.9 Å². The van der Waals surface area contributed by atoms with Gasteiger partial charge in [0.05, 0.1) is 22.2 Å². The summed E-state index contributed by atoms with van der Waals surface area (Å²) >= 11 is 10.2. The minimum atomic E-state index is -0.406. The molecule has 0 fully saturated rings. The average molecular weight is 593 g/mol. The Kier molecular flexibility index (Phi) is 5.88. The third-order valence-corrected chi connectivity index (χ3v) is 7.36. The van der Waals surface area contributed by atoms with Gasteiger partial charge < -0.3 is 12.2 Å². The van der Waals surface area contributed by atoms with Gasteiger partial charge in [-0.1, -0.05) is 35.2 Å². The fourth-order valence-corrected chi connectivity index (χ4v) is 5.95. The van der Waals surface area contributed by atoms with Crippen LogP contribution in [0.1, 0.15) is 0 Å². The second-order valence-corrected chi connectivity index (χ2v) is 9.37. The Bertz CT molecular complexity index is 1600. The number of hydrogen-bond donors (Lipinski definition) is 0. The van der Waals surface area contributed by atoms with Gasteiger partial charge in [0.25, 0.3) is 10.4 Å². The highest BCUT2D eigenvalue weighted by Crippen LogP contribution is 2.38. The summed E-state index contributed by atoms with van der Waals surface area (Å²) in [6.07, 6.45) is 1.49. The fourth-order valence-electron chi connectivity index (χ4n) is 3.11. The van der Waals surface area contributed by atoms with Crippen LogP contribution in [-0.4, -0.2) is 21.6 Å². The maximum Gasteiger partial charge on any atom is 0.290 e. The number of nitrogens with zero attached hydrogens (tertiary/aromatic N) is 3. The van der Waals surface area contributed by atoms with Gasteiger partial charge in [-0.2, -0.15) is 0 Å². The quantitative estimate of drug-likeness (QED) is 0.176. The number of hydrogen-bond acceptors (Lipinski definition) is 9. The predicted octanol–water partition coefficient (Wildman–Crippen LogP) is 6.21. The molecule has 32 heavy (non-hydrogen) atoms. The van der Waals surface area contributed by atoms with Crippen LogP contribution in [0.5, 0.6) is 11.5 Å². The lowest BCUT2D eigenvalue weighted by Gasteiger charge is -2.06. The number of methoxy groups -OCH3 is 1. The number of thiazole rings is 1. The zero-order chi connectivity index (χ0) is 22.2. The van der Waals surface area contributed by atoms with E-state index in [-0.39, 0.29) is 15.9 Å². The first-order valence-corrected chi connectivity index (χ1v) is 12.1. The molecule has 2 aromatic carbocycles. The zero-order valence-electron chi connectivity index (χ0n) is 16.3. The first kappa shape index (κ1) is 21.4. The third kappa shape index (κ3) is 3.78. The molecule has 0 N–H and O–H groups in total. The summed E-state index contributed by atoms with van der Waals surface area (Å²) in [7, 11) is 1.49. The molecule has 0 aliphatic carbocycles. The Morgan fingerprint density at radius 3 is 2.84 bits per heavy atom. The summed E-state index contributed by atoms with van der Waals surface area (Å²) in [5.74, 6) is 1.19. The molecule has 0 aliphatic rings. The summed E-state index contributed by atoms with van der Waals surface area (Å²) in [6.45, 7) is 0. The predicted molar refractivity (Wildman–Crippen MR) is 135 cm³/mol. The molecule has 11 heteroatoms. The number of fused-ring (bicyclic) bond motifs is 2. The molecule has 0 saturated carbocycles. The highest BCUT2D eigenvalue weighted by molar-refractivity contribution is 14.1. The summed E-state index contributed by atoms with van der Waals surface area (Å²) in [5.41, 5.74) is 0.700. The molecule has 0 atom stereocenters. The largest absolute Gasteiger partial charge is 0.493 e. The number of aromatic nitrogens is 3. The van der Waals surface area contributed by atoms with E-state index in [1.54, 1.807) is 17.8 Å². The number of ether oxygens (including phenoxy) is 1. The van der Waals surface area contributed by atoms with Crippen molar-refractivity contribution < 1.29 is 12.2 Å². The molecule has 0 spiro atoms. The summed E-state index contributed by atoms with van der Waals surface area (Å²) in [4.78, 5) is 23.9. The molecule has 3 heterocycles. The van der Waals surface area contributed by atoms with Crippen LogP contribution in [0.15, 0.2) is 73.7 Å². The van der Waals surface area contributed by atoms with E-state index in [1.807, 2.05) is 65.5 Å². The molecule has 0 amide bonds. The highest BCUT2D eigenvalue weighted by atomic mass is 127. The maximum atomic E-state index is 13.1. The van der Waals surface area contributed by atoms with Crippen molar-refractivity contribution in [1.82, 2.24) is 14.5 Å². The van der Waals surface area contributed by atoms with Crippen LogP contribution in [0.3, 0.4) is 0 Å². The number of halogens is 1. The summed E-state index contributed by atoms with van der Waals surface area (Å²) in [6, 6.07) is 15.4. The zero-order valence-corrected chi connectivity index (χ0v) is 20.9. The third-order valence-electron chi connectivity index (χ3n) is 4.57. The second kappa shape index (κ2) is 8.81. The van der Waals surface area contributed by atoms with Crippen LogP contribution in [0.2, 0.25) is 0 Å². The van der Waals surface area contributed by atoms with Crippen LogP contribution >= 0.6 is 58.3 Å². The van der Waals surface area contributed by atoms with E-state index >= 15 is 0 Å². The molecule has 0 saturated heterocycles. The molecule has 0 radical (unpaired) electrons. The Morgan fingerprint density at radius 1 is 1.19 bits per heavy atom. The van der Waals surface area contributed by atoms with Crippen LogP contribution < -0.4 is 13.4 Å². The second-order valence-electron chi connectivity index (χ2n) is 6.45. The fraction of sp³-hybridized carbons (Fsp3) is 0.0476. The molecule has 3 aromatic heterocycles. The molecule has 0 bridgehead atoms. The van der Waals surface area contributed by atoms with Crippen molar-refractivity contribution in [3.8, 4) is 16.6 Å². The minimum Gasteiger partial charge on any atom is -0.493 e. The van der Waals surface area contributed by atoms with Crippen molar-refractivity contribution in [2.45, 2.75) is 9.79 Å². The van der Waals surface area contributed by atoms with E-state index < -0.39 is 5.56 Å². The summed E-state index contributed by atoms with van der Waals surface area (Å²) in [5, 5.41) is 0.420. The van der Waals surface area contributed by atoms with Crippen molar-refractivity contribution in [3.05, 3.63) is 69.9 Å². The standard InChI is InChI=1S/C21H12IN3O4S3/c1-27-14-8-9-23-17-18(14)28-21(30)25(19(17)26)20-24-12-7-6-11(10-16(12)32-20)31-15-5-3-2-4-13(15)29-22/h2-10H,1H3. The Balaban J connectivity index is 1.60. The Labute approximate surface area is 208 Å². The van der Waals surface area contributed by atoms with Crippen molar-refractivity contribution >= 4 is 79.6 Å². The van der Waals surface area contributed by atoms with Crippen LogP contribution in [0.4, 0.5) is 0 Å². The van der Waals surface area contributed by atoms with Gasteiger partial charge in [-0.25, -0.2) is 14.5 Å². The SMILES string of the molecule is COc1ccnc2c(=O)n(-c3nc4ccc(Sc5ccccc5OI)cc4s3)c(=S)oc12. The molecular weight excluding hydrogens is 581 g/mol. The first-order chi connectivity index (χ1) is 15.6. The van der Waals surface area contributed by atoms with E-state index in [4.69, 9.17) is 24.4 Å². The van der Waals surface area contributed by atoms with Gasteiger partial charge in [-0.05, 0) is 42.5 Å². The van der Waals surface area contributed by atoms with Crippen LogP contribution in [0, 0.1) is 4.84 Å². The van der Waals surface area contributed by atoms with E-state index in [9.17, 15) is 4.79 Å². The van der Waals surface area contributed by atoms with E-state index in [2.05, 4.69) is 9.97 Å². The molecule has 0 aliphatic heterocycles. The van der Waals surface area contributed by atoms with Crippen molar-refractivity contribution in [2.75, 3.05) is 7.11 Å².